The summed E-state index contributed by atoms with van der Waals surface area (Å²) in [5.74, 6) is 0.0115. The third-order valence-electron chi connectivity index (χ3n) is 4.01. The third-order valence-corrected chi connectivity index (χ3v) is 5.37. The Balaban J connectivity index is 1.87. The summed E-state index contributed by atoms with van der Waals surface area (Å²) in [5.41, 5.74) is 2.10. The van der Waals surface area contributed by atoms with Gasteiger partial charge in [0.05, 0.1) is 13.7 Å². The van der Waals surface area contributed by atoms with E-state index in [0.29, 0.717) is 33.6 Å². The van der Waals surface area contributed by atoms with Gasteiger partial charge in [0.15, 0.2) is 10.6 Å². The SMILES string of the molecule is CCOc1c(C(=O)OC)sc2ccc(NC(=O)Nc3cc(Cl)ccc3C)cc12. The summed E-state index contributed by atoms with van der Waals surface area (Å²) >= 11 is 7.28. The van der Waals surface area contributed by atoms with Crippen molar-refractivity contribution in [3.05, 3.63) is 51.9 Å². The highest BCUT2D eigenvalue weighted by Gasteiger charge is 2.21. The molecule has 1 heterocycles. The second-order valence-electron chi connectivity index (χ2n) is 5.93. The van der Waals surface area contributed by atoms with Crippen LogP contribution < -0.4 is 15.4 Å². The molecule has 2 amide bonds. The molecular formula is C20H19ClN2O4S. The first-order valence-corrected chi connectivity index (χ1v) is 9.74. The zero-order chi connectivity index (χ0) is 20.3. The van der Waals surface area contributed by atoms with Crippen molar-refractivity contribution in [2.24, 2.45) is 0 Å². The summed E-state index contributed by atoms with van der Waals surface area (Å²) in [6.45, 7) is 4.13. The van der Waals surface area contributed by atoms with Gasteiger partial charge in [-0.25, -0.2) is 9.59 Å². The van der Waals surface area contributed by atoms with Crippen LogP contribution in [0.3, 0.4) is 0 Å². The number of fused-ring (bicyclic) bond motifs is 1. The van der Waals surface area contributed by atoms with Crippen LogP contribution in [0.4, 0.5) is 16.2 Å². The molecule has 1 aromatic heterocycles. The van der Waals surface area contributed by atoms with Gasteiger partial charge in [-0.3, -0.25) is 0 Å². The molecule has 0 unspecified atom stereocenters. The zero-order valence-corrected chi connectivity index (χ0v) is 17.2. The van der Waals surface area contributed by atoms with Crippen LogP contribution in [-0.4, -0.2) is 25.7 Å². The molecule has 0 spiro atoms. The number of aryl methyl sites for hydroxylation is 1. The minimum atomic E-state index is -0.451. The number of carbonyl (C=O) groups is 2. The summed E-state index contributed by atoms with van der Waals surface area (Å²) in [6.07, 6.45) is 0. The highest BCUT2D eigenvalue weighted by Crippen LogP contribution is 2.39. The molecule has 0 bridgehead atoms. The monoisotopic (exact) mass is 418 g/mol. The number of benzene rings is 2. The van der Waals surface area contributed by atoms with Gasteiger partial charge in [0.1, 0.15) is 0 Å². The summed E-state index contributed by atoms with van der Waals surface area (Å²) in [6, 6.07) is 10.2. The lowest BCUT2D eigenvalue weighted by Crippen LogP contribution is -2.19. The number of nitrogens with one attached hydrogen (secondary N) is 2. The van der Waals surface area contributed by atoms with Crippen molar-refractivity contribution in [2.45, 2.75) is 13.8 Å². The number of thiophene rings is 1. The van der Waals surface area contributed by atoms with Crippen molar-refractivity contribution in [1.29, 1.82) is 0 Å². The molecule has 0 atom stereocenters. The van der Waals surface area contributed by atoms with Crippen LogP contribution in [0.2, 0.25) is 5.02 Å². The molecule has 0 saturated carbocycles. The first kappa shape index (κ1) is 20.0. The molecule has 0 saturated heterocycles. The Kier molecular flexibility index (Phi) is 6.06. The maximum absolute atomic E-state index is 12.4. The van der Waals surface area contributed by atoms with Gasteiger partial charge >= 0.3 is 12.0 Å². The van der Waals surface area contributed by atoms with Gasteiger partial charge in [0.2, 0.25) is 0 Å². The highest BCUT2D eigenvalue weighted by molar-refractivity contribution is 7.21. The lowest BCUT2D eigenvalue weighted by atomic mass is 10.2. The summed E-state index contributed by atoms with van der Waals surface area (Å²) in [7, 11) is 1.33. The summed E-state index contributed by atoms with van der Waals surface area (Å²) < 4.78 is 11.4. The van der Waals surface area contributed by atoms with Gasteiger partial charge in [0, 0.05) is 26.5 Å². The Bertz CT molecular complexity index is 1050. The number of amides is 2. The van der Waals surface area contributed by atoms with E-state index >= 15 is 0 Å². The third kappa shape index (κ3) is 4.21. The van der Waals surface area contributed by atoms with Gasteiger partial charge in [0.25, 0.3) is 0 Å². The van der Waals surface area contributed by atoms with E-state index in [2.05, 4.69) is 10.6 Å². The van der Waals surface area contributed by atoms with Gasteiger partial charge in [-0.05, 0) is 49.7 Å². The van der Waals surface area contributed by atoms with Gasteiger partial charge in [-0.1, -0.05) is 17.7 Å². The molecular weight excluding hydrogens is 400 g/mol. The van der Waals surface area contributed by atoms with Crippen molar-refractivity contribution >= 4 is 56.4 Å². The largest absolute Gasteiger partial charge is 0.491 e. The van der Waals surface area contributed by atoms with E-state index < -0.39 is 12.0 Å². The number of rotatable bonds is 5. The van der Waals surface area contributed by atoms with Crippen molar-refractivity contribution in [3.63, 3.8) is 0 Å². The first-order valence-electron chi connectivity index (χ1n) is 8.54. The number of methoxy groups -OCH3 is 1. The molecule has 0 radical (unpaired) electrons. The molecule has 2 N–H and O–H groups in total. The molecule has 146 valence electrons. The predicted molar refractivity (Wildman–Crippen MR) is 113 cm³/mol. The van der Waals surface area contributed by atoms with Crippen molar-refractivity contribution in [1.82, 2.24) is 0 Å². The Hall–Kier alpha value is -2.77. The molecule has 0 fully saturated rings. The second-order valence-corrected chi connectivity index (χ2v) is 7.42. The Morgan fingerprint density at radius 2 is 1.93 bits per heavy atom. The number of hydrogen-bond acceptors (Lipinski definition) is 5. The molecule has 0 aliphatic rings. The fourth-order valence-electron chi connectivity index (χ4n) is 2.68. The first-order chi connectivity index (χ1) is 13.4. The maximum atomic E-state index is 12.4. The van der Waals surface area contributed by atoms with Gasteiger partial charge < -0.3 is 20.1 Å². The van der Waals surface area contributed by atoms with Crippen LogP contribution in [0.5, 0.6) is 5.75 Å². The summed E-state index contributed by atoms with van der Waals surface area (Å²) in [4.78, 5) is 24.8. The molecule has 3 rings (SSSR count). The normalized spacial score (nSPS) is 10.6. The number of carbonyl (C=O) groups excluding carboxylic acids is 2. The quantitative estimate of drug-likeness (QED) is 0.521. The molecule has 0 aliphatic carbocycles. The Morgan fingerprint density at radius 1 is 1.14 bits per heavy atom. The molecule has 0 aliphatic heterocycles. The molecule has 28 heavy (non-hydrogen) atoms. The molecule has 3 aromatic rings. The topological polar surface area (TPSA) is 76.7 Å². The maximum Gasteiger partial charge on any atom is 0.351 e. The van der Waals surface area contributed by atoms with Crippen LogP contribution in [0.25, 0.3) is 10.1 Å². The van der Waals surface area contributed by atoms with E-state index in [4.69, 9.17) is 21.1 Å². The van der Waals surface area contributed by atoms with Crippen LogP contribution in [-0.2, 0) is 4.74 Å². The van der Waals surface area contributed by atoms with Crippen LogP contribution in [0.1, 0.15) is 22.2 Å². The van der Waals surface area contributed by atoms with Crippen LogP contribution in [0.15, 0.2) is 36.4 Å². The minimum absolute atomic E-state index is 0.397. The van der Waals surface area contributed by atoms with Crippen molar-refractivity contribution in [3.8, 4) is 5.75 Å². The van der Waals surface area contributed by atoms with E-state index in [1.807, 2.05) is 26.0 Å². The van der Waals surface area contributed by atoms with E-state index in [0.717, 1.165) is 15.6 Å². The van der Waals surface area contributed by atoms with Gasteiger partial charge in [-0.15, -0.1) is 11.3 Å². The smallest absolute Gasteiger partial charge is 0.351 e. The van der Waals surface area contributed by atoms with E-state index in [-0.39, 0.29) is 0 Å². The number of esters is 1. The standard InChI is InChI=1S/C20H19ClN2O4S/c1-4-27-17-14-10-13(7-8-16(14)28-18(17)19(24)26-3)22-20(25)23-15-9-12(21)6-5-11(15)2/h5-10H,4H2,1-3H3,(H2,22,23,25). The number of hydrogen-bond donors (Lipinski definition) is 2. The van der Waals surface area contributed by atoms with E-state index in [1.165, 1.54) is 18.4 Å². The number of ether oxygens (including phenoxy) is 2. The average Bonchev–Trinajstić information content (AvgIpc) is 3.02. The Labute approximate surface area is 171 Å². The van der Waals surface area contributed by atoms with E-state index in [1.54, 1.807) is 24.3 Å². The summed E-state index contributed by atoms with van der Waals surface area (Å²) in [5, 5.41) is 6.85. The van der Waals surface area contributed by atoms with Gasteiger partial charge in [-0.2, -0.15) is 0 Å². The van der Waals surface area contributed by atoms with Crippen molar-refractivity contribution < 1.29 is 19.1 Å². The lowest BCUT2D eigenvalue weighted by molar-refractivity contribution is 0.0602. The van der Waals surface area contributed by atoms with E-state index in [9.17, 15) is 9.59 Å². The van der Waals surface area contributed by atoms with Crippen molar-refractivity contribution in [2.75, 3.05) is 24.4 Å². The van der Waals surface area contributed by atoms with Crippen LogP contribution >= 0.6 is 22.9 Å². The van der Waals surface area contributed by atoms with Crippen LogP contribution in [0, 0.1) is 6.92 Å². The Morgan fingerprint density at radius 3 is 2.64 bits per heavy atom. The average molecular weight is 419 g/mol. The minimum Gasteiger partial charge on any atom is -0.491 e. The molecule has 2 aromatic carbocycles. The number of halogens is 1. The molecule has 8 heteroatoms. The predicted octanol–water partition coefficient (Wildman–Crippen LogP) is 5.69. The number of urea groups is 1. The second kappa shape index (κ2) is 8.50. The highest BCUT2D eigenvalue weighted by atomic mass is 35.5. The number of anilines is 2. The zero-order valence-electron chi connectivity index (χ0n) is 15.6. The molecule has 6 nitrogen and oxygen atoms in total. The lowest BCUT2D eigenvalue weighted by Gasteiger charge is -2.11. The fraction of sp³-hybridized carbons (Fsp3) is 0.200. The fourth-order valence-corrected chi connectivity index (χ4v) is 3.90.